The quantitative estimate of drug-likeness (QED) is 0.684. The maximum Gasteiger partial charge on any atom is 0.150 e. The van der Waals surface area contributed by atoms with Gasteiger partial charge in [-0.05, 0) is 25.2 Å². The molecule has 0 aliphatic rings. The molecule has 0 spiro atoms. The molecule has 0 aliphatic heterocycles. The van der Waals surface area contributed by atoms with Gasteiger partial charge in [-0.2, -0.15) is 0 Å². The summed E-state index contributed by atoms with van der Waals surface area (Å²) in [6.07, 6.45) is 2.15. The van der Waals surface area contributed by atoms with Gasteiger partial charge in [0.15, 0.2) is 0 Å². The number of aliphatic hydroxyl groups is 1. The second-order valence-corrected chi connectivity index (χ2v) is 5.89. The van der Waals surface area contributed by atoms with Gasteiger partial charge in [-0.3, -0.25) is 0 Å². The van der Waals surface area contributed by atoms with Crippen molar-refractivity contribution in [2.45, 2.75) is 33.1 Å². The largest absolute Gasteiger partial charge is 0.396 e. The maximum atomic E-state index is 11.2. The lowest BCUT2D eigenvalue weighted by Gasteiger charge is -2.07. The van der Waals surface area contributed by atoms with E-state index in [2.05, 4.69) is 0 Å². The van der Waals surface area contributed by atoms with Gasteiger partial charge in [-0.15, -0.1) is 0 Å². The van der Waals surface area contributed by atoms with Crippen LogP contribution in [0.25, 0.3) is 0 Å². The first-order valence-corrected chi connectivity index (χ1v) is 6.65. The molecule has 0 aliphatic carbocycles. The zero-order valence-electron chi connectivity index (χ0n) is 8.49. The minimum Gasteiger partial charge on any atom is -0.396 e. The molecule has 0 rings (SSSR count). The fraction of sp³-hybridized carbons (Fsp3) is 1.00. The van der Waals surface area contributed by atoms with Crippen LogP contribution in [0.5, 0.6) is 0 Å². The summed E-state index contributed by atoms with van der Waals surface area (Å²) in [6.45, 7) is 3.94. The van der Waals surface area contributed by atoms with Gasteiger partial charge in [0.2, 0.25) is 0 Å². The molecule has 0 aromatic carbocycles. The van der Waals surface area contributed by atoms with Crippen molar-refractivity contribution in [2.24, 2.45) is 5.92 Å². The lowest BCUT2D eigenvalue weighted by atomic mass is 10.1. The number of aliphatic hydroxyl groups excluding tert-OH is 1. The molecular weight excluding hydrogens is 188 g/mol. The number of sulfone groups is 1. The Morgan fingerprint density at radius 2 is 1.92 bits per heavy atom. The van der Waals surface area contributed by atoms with Gasteiger partial charge in [0.05, 0.1) is 5.75 Å². The van der Waals surface area contributed by atoms with E-state index < -0.39 is 9.84 Å². The van der Waals surface area contributed by atoms with E-state index in [0.717, 1.165) is 6.42 Å². The summed E-state index contributed by atoms with van der Waals surface area (Å²) in [6, 6.07) is 0. The Balaban J connectivity index is 3.64. The van der Waals surface area contributed by atoms with Gasteiger partial charge >= 0.3 is 0 Å². The molecule has 0 heterocycles. The number of rotatable bonds is 7. The zero-order chi connectivity index (χ0) is 10.3. The van der Waals surface area contributed by atoms with Crippen LogP contribution in [0.1, 0.15) is 33.1 Å². The van der Waals surface area contributed by atoms with E-state index in [4.69, 9.17) is 5.11 Å². The molecule has 1 N–H and O–H groups in total. The van der Waals surface area contributed by atoms with Gasteiger partial charge in [0, 0.05) is 12.4 Å². The highest BCUT2D eigenvalue weighted by Crippen LogP contribution is 2.06. The molecule has 0 saturated heterocycles. The standard InChI is InChI=1S/C9H20O3S/c1-3-6-13(11,12)7-4-5-9(2)8-10/h9-10H,3-8H2,1-2H3. The molecule has 0 amide bonds. The van der Waals surface area contributed by atoms with Gasteiger partial charge in [0.25, 0.3) is 0 Å². The molecule has 0 aromatic heterocycles. The Morgan fingerprint density at radius 1 is 1.31 bits per heavy atom. The predicted molar refractivity (Wildman–Crippen MR) is 54.4 cm³/mol. The fourth-order valence-corrected chi connectivity index (χ4v) is 2.59. The summed E-state index contributed by atoms with van der Waals surface area (Å²) in [5.74, 6) is 0.780. The third kappa shape index (κ3) is 7.02. The normalized spacial score (nSPS) is 14.4. The Morgan fingerprint density at radius 3 is 2.38 bits per heavy atom. The van der Waals surface area contributed by atoms with Crippen molar-refractivity contribution in [1.82, 2.24) is 0 Å². The molecule has 0 aromatic rings. The van der Waals surface area contributed by atoms with Crippen LogP contribution < -0.4 is 0 Å². The highest BCUT2D eigenvalue weighted by molar-refractivity contribution is 7.91. The minimum absolute atomic E-state index is 0.147. The van der Waals surface area contributed by atoms with Gasteiger partial charge < -0.3 is 5.11 Å². The maximum absolute atomic E-state index is 11.2. The molecule has 0 radical (unpaired) electrons. The summed E-state index contributed by atoms with van der Waals surface area (Å²) in [5.41, 5.74) is 0. The van der Waals surface area contributed by atoms with E-state index in [1.165, 1.54) is 0 Å². The molecular formula is C9H20O3S. The molecule has 13 heavy (non-hydrogen) atoms. The van der Waals surface area contributed by atoms with Gasteiger partial charge in [-0.25, -0.2) is 8.42 Å². The Kier molecular flexibility index (Phi) is 6.33. The fourth-order valence-electron chi connectivity index (χ4n) is 1.16. The molecule has 0 bridgehead atoms. The second kappa shape index (κ2) is 6.38. The Hall–Kier alpha value is -0.0900. The molecule has 1 atom stereocenters. The van der Waals surface area contributed by atoms with Gasteiger partial charge in [0.1, 0.15) is 9.84 Å². The van der Waals surface area contributed by atoms with Gasteiger partial charge in [-0.1, -0.05) is 13.8 Å². The first kappa shape index (κ1) is 12.9. The van der Waals surface area contributed by atoms with Crippen molar-refractivity contribution in [2.75, 3.05) is 18.1 Å². The minimum atomic E-state index is -2.82. The van der Waals surface area contributed by atoms with E-state index in [9.17, 15) is 8.42 Å². The zero-order valence-corrected chi connectivity index (χ0v) is 9.31. The summed E-state index contributed by atoms with van der Waals surface area (Å²) in [5, 5.41) is 8.72. The number of hydrogen-bond donors (Lipinski definition) is 1. The van der Waals surface area contributed by atoms with Crippen molar-refractivity contribution in [1.29, 1.82) is 0 Å². The molecule has 4 heteroatoms. The van der Waals surface area contributed by atoms with Crippen LogP contribution in [0.15, 0.2) is 0 Å². The topological polar surface area (TPSA) is 54.4 Å². The highest BCUT2D eigenvalue weighted by atomic mass is 32.2. The summed E-state index contributed by atoms with van der Waals surface area (Å²) in [7, 11) is -2.82. The molecule has 1 unspecified atom stereocenters. The SMILES string of the molecule is CCCS(=O)(=O)CCCC(C)CO. The van der Waals surface area contributed by atoms with E-state index in [0.29, 0.717) is 18.6 Å². The van der Waals surface area contributed by atoms with Crippen LogP contribution in [0.3, 0.4) is 0 Å². The van der Waals surface area contributed by atoms with Crippen LogP contribution in [-0.2, 0) is 9.84 Å². The molecule has 80 valence electrons. The first-order valence-electron chi connectivity index (χ1n) is 4.83. The van der Waals surface area contributed by atoms with E-state index in [1.54, 1.807) is 0 Å². The van der Waals surface area contributed by atoms with Crippen molar-refractivity contribution in [3.05, 3.63) is 0 Å². The van der Waals surface area contributed by atoms with Crippen molar-refractivity contribution in [3.8, 4) is 0 Å². The van der Waals surface area contributed by atoms with Crippen molar-refractivity contribution in [3.63, 3.8) is 0 Å². The number of hydrogen-bond acceptors (Lipinski definition) is 3. The molecule has 0 fully saturated rings. The third-order valence-electron chi connectivity index (χ3n) is 1.98. The van der Waals surface area contributed by atoms with E-state index >= 15 is 0 Å². The average Bonchev–Trinajstić information content (AvgIpc) is 2.03. The smallest absolute Gasteiger partial charge is 0.150 e. The first-order chi connectivity index (χ1) is 6.02. The van der Waals surface area contributed by atoms with Crippen molar-refractivity contribution < 1.29 is 13.5 Å². The average molecular weight is 208 g/mol. The molecule has 0 saturated carbocycles. The van der Waals surface area contributed by atoms with Crippen molar-refractivity contribution >= 4 is 9.84 Å². The summed E-state index contributed by atoms with van der Waals surface area (Å²) < 4.78 is 22.5. The third-order valence-corrected chi connectivity index (χ3v) is 3.92. The lowest BCUT2D eigenvalue weighted by Crippen LogP contribution is -2.12. The van der Waals surface area contributed by atoms with Crippen LogP contribution in [0.4, 0.5) is 0 Å². The summed E-state index contributed by atoms with van der Waals surface area (Å²) >= 11 is 0. The Labute approximate surface area is 81.1 Å². The van der Waals surface area contributed by atoms with E-state index in [1.807, 2.05) is 13.8 Å². The highest BCUT2D eigenvalue weighted by Gasteiger charge is 2.09. The predicted octanol–water partition coefficient (Wildman–Crippen LogP) is 1.22. The summed E-state index contributed by atoms with van der Waals surface area (Å²) in [4.78, 5) is 0. The van der Waals surface area contributed by atoms with Crippen LogP contribution in [0.2, 0.25) is 0 Å². The second-order valence-electron chi connectivity index (χ2n) is 3.58. The molecule has 3 nitrogen and oxygen atoms in total. The van der Waals surface area contributed by atoms with Crippen LogP contribution in [-0.4, -0.2) is 31.6 Å². The monoisotopic (exact) mass is 208 g/mol. The van der Waals surface area contributed by atoms with Crippen LogP contribution >= 0.6 is 0 Å². The van der Waals surface area contributed by atoms with Crippen LogP contribution in [0, 0.1) is 5.92 Å². The van der Waals surface area contributed by atoms with E-state index in [-0.39, 0.29) is 18.3 Å². The Bertz CT molecular complexity index is 209. The lowest BCUT2D eigenvalue weighted by molar-refractivity contribution is 0.229.